The largest absolute Gasteiger partial charge is 0.467 e. The third-order valence-corrected chi connectivity index (χ3v) is 3.79. The minimum Gasteiger partial charge on any atom is -0.467 e. The van der Waals surface area contributed by atoms with E-state index in [-0.39, 0.29) is 11.9 Å². The summed E-state index contributed by atoms with van der Waals surface area (Å²) in [6, 6.07) is 13.9. The van der Waals surface area contributed by atoms with E-state index in [0.717, 1.165) is 5.56 Å². The van der Waals surface area contributed by atoms with Gasteiger partial charge in [0.2, 0.25) is 5.91 Å². The predicted octanol–water partition coefficient (Wildman–Crippen LogP) is 3.57. The van der Waals surface area contributed by atoms with Gasteiger partial charge in [0.05, 0.1) is 12.8 Å². The van der Waals surface area contributed by atoms with Crippen molar-refractivity contribution in [2.24, 2.45) is 0 Å². The number of benzene rings is 1. The highest BCUT2D eigenvalue weighted by Gasteiger charge is 2.05. The average Bonchev–Trinajstić information content (AvgIpc) is 3.21. The fourth-order valence-electron chi connectivity index (χ4n) is 2.42. The fourth-order valence-corrected chi connectivity index (χ4v) is 2.42. The molecule has 0 fully saturated rings. The summed E-state index contributed by atoms with van der Waals surface area (Å²) in [6.07, 6.45) is 6.02. The van der Waals surface area contributed by atoms with Crippen molar-refractivity contribution >= 4 is 23.3 Å². The van der Waals surface area contributed by atoms with Gasteiger partial charge in [0.1, 0.15) is 5.76 Å². The van der Waals surface area contributed by atoms with Crippen molar-refractivity contribution in [2.75, 3.05) is 10.6 Å². The van der Waals surface area contributed by atoms with Gasteiger partial charge in [-0.05, 0) is 54.4 Å². The van der Waals surface area contributed by atoms with Crippen LogP contribution in [0.2, 0.25) is 0 Å². The molecule has 0 atom stereocenters. The summed E-state index contributed by atoms with van der Waals surface area (Å²) in [5.74, 6) is 0.602. The summed E-state index contributed by atoms with van der Waals surface area (Å²) in [5, 5.41) is 8.25. The molecule has 3 N–H and O–H groups in total. The summed E-state index contributed by atoms with van der Waals surface area (Å²) >= 11 is 0. The number of pyridine rings is 1. The Bertz CT molecular complexity index is 862. The maximum Gasteiger partial charge on any atom is 0.319 e. The molecule has 1 aromatic carbocycles. The lowest BCUT2D eigenvalue weighted by atomic mass is 10.1. The smallest absolute Gasteiger partial charge is 0.319 e. The van der Waals surface area contributed by atoms with E-state index in [1.54, 1.807) is 55.1 Å². The normalized spacial score (nSPS) is 10.2. The van der Waals surface area contributed by atoms with Crippen LogP contribution < -0.4 is 16.0 Å². The molecule has 7 nitrogen and oxygen atoms in total. The van der Waals surface area contributed by atoms with Gasteiger partial charge in [0.15, 0.2) is 0 Å². The lowest BCUT2D eigenvalue weighted by Crippen LogP contribution is -2.27. The number of carbonyl (C=O) groups is 2. The molecule has 138 valence electrons. The first-order chi connectivity index (χ1) is 13.2. The number of hydrogen-bond acceptors (Lipinski definition) is 4. The van der Waals surface area contributed by atoms with Crippen LogP contribution in [0.5, 0.6) is 0 Å². The van der Waals surface area contributed by atoms with Gasteiger partial charge in [-0.3, -0.25) is 9.78 Å². The standard InChI is InChI=1S/C20H20N4O3/c25-19(10-5-15-3-1-11-21-13-15)23-16-6-8-17(9-7-16)24-20(26)22-14-18-4-2-12-27-18/h1-4,6-9,11-13H,5,10,14H2,(H,23,25)(H2,22,24,26). The van der Waals surface area contributed by atoms with Crippen LogP contribution in [0.25, 0.3) is 0 Å². The summed E-state index contributed by atoms with van der Waals surface area (Å²) in [4.78, 5) is 27.9. The fraction of sp³-hybridized carbons (Fsp3) is 0.150. The van der Waals surface area contributed by atoms with Crippen molar-refractivity contribution in [2.45, 2.75) is 19.4 Å². The van der Waals surface area contributed by atoms with Gasteiger partial charge >= 0.3 is 6.03 Å². The Kier molecular flexibility index (Phi) is 6.19. The molecule has 0 saturated carbocycles. The van der Waals surface area contributed by atoms with E-state index in [1.165, 1.54) is 0 Å². The molecule has 3 aromatic rings. The van der Waals surface area contributed by atoms with Gasteiger partial charge in [-0.1, -0.05) is 6.07 Å². The Balaban J connectivity index is 1.42. The van der Waals surface area contributed by atoms with Crippen molar-refractivity contribution in [1.29, 1.82) is 0 Å². The van der Waals surface area contributed by atoms with Crippen molar-refractivity contribution < 1.29 is 14.0 Å². The zero-order valence-corrected chi connectivity index (χ0v) is 14.6. The minimum atomic E-state index is -0.334. The molecule has 0 aliphatic heterocycles. The van der Waals surface area contributed by atoms with Crippen LogP contribution in [-0.2, 0) is 17.8 Å². The summed E-state index contributed by atoms with van der Waals surface area (Å²) in [7, 11) is 0. The number of amides is 3. The van der Waals surface area contributed by atoms with E-state index in [1.807, 2.05) is 12.1 Å². The highest BCUT2D eigenvalue weighted by Crippen LogP contribution is 2.14. The number of urea groups is 1. The number of carbonyl (C=O) groups excluding carboxylic acids is 2. The molecular weight excluding hydrogens is 344 g/mol. The Labute approximate surface area is 156 Å². The third-order valence-electron chi connectivity index (χ3n) is 3.79. The topological polar surface area (TPSA) is 96.3 Å². The van der Waals surface area contributed by atoms with Crippen molar-refractivity contribution in [3.8, 4) is 0 Å². The van der Waals surface area contributed by atoms with Crippen LogP contribution >= 0.6 is 0 Å². The first kappa shape index (κ1) is 18.2. The average molecular weight is 364 g/mol. The Morgan fingerprint density at radius 3 is 2.41 bits per heavy atom. The molecular formula is C20H20N4O3. The van der Waals surface area contributed by atoms with Crippen molar-refractivity contribution in [3.05, 3.63) is 78.5 Å². The maximum absolute atomic E-state index is 12.0. The molecule has 0 unspecified atom stereocenters. The summed E-state index contributed by atoms with van der Waals surface area (Å²) in [5.41, 5.74) is 2.32. The Morgan fingerprint density at radius 2 is 1.74 bits per heavy atom. The predicted molar refractivity (Wildman–Crippen MR) is 102 cm³/mol. The molecule has 0 radical (unpaired) electrons. The zero-order chi connectivity index (χ0) is 18.9. The molecule has 0 aliphatic rings. The lowest BCUT2D eigenvalue weighted by molar-refractivity contribution is -0.116. The molecule has 27 heavy (non-hydrogen) atoms. The Hall–Kier alpha value is -3.61. The van der Waals surface area contributed by atoms with Gasteiger partial charge in [-0.25, -0.2) is 4.79 Å². The molecule has 3 amide bonds. The van der Waals surface area contributed by atoms with E-state index in [0.29, 0.717) is 36.5 Å². The highest BCUT2D eigenvalue weighted by atomic mass is 16.3. The number of aromatic nitrogens is 1. The van der Waals surface area contributed by atoms with E-state index >= 15 is 0 Å². The van der Waals surface area contributed by atoms with E-state index in [2.05, 4.69) is 20.9 Å². The number of hydrogen-bond donors (Lipinski definition) is 3. The zero-order valence-electron chi connectivity index (χ0n) is 14.6. The lowest BCUT2D eigenvalue weighted by Gasteiger charge is -2.09. The van der Waals surface area contributed by atoms with Crippen LogP contribution in [0.3, 0.4) is 0 Å². The molecule has 2 aromatic heterocycles. The van der Waals surface area contributed by atoms with Crippen LogP contribution in [0.1, 0.15) is 17.7 Å². The number of nitrogens with one attached hydrogen (secondary N) is 3. The SMILES string of the molecule is O=C(CCc1cccnc1)Nc1ccc(NC(=O)NCc2ccco2)cc1. The maximum atomic E-state index is 12.0. The summed E-state index contributed by atoms with van der Waals surface area (Å²) < 4.78 is 5.15. The van der Waals surface area contributed by atoms with Gasteiger partial charge in [0, 0.05) is 30.2 Å². The molecule has 3 rings (SSSR count). The summed E-state index contributed by atoms with van der Waals surface area (Å²) in [6.45, 7) is 0.309. The molecule has 2 heterocycles. The second kappa shape index (κ2) is 9.19. The third kappa shape index (κ3) is 6.00. The minimum absolute atomic E-state index is 0.0734. The van der Waals surface area contributed by atoms with Crippen LogP contribution in [0.4, 0.5) is 16.2 Å². The van der Waals surface area contributed by atoms with Crippen LogP contribution in [-0.4, -0.2) is 16.9 Å². The first-order valence-electron chi connectivity index (χ1n) is 8.55. The second-order valence-corrected chi connectivity index (χ2v) is 5.87. The Morgan fingerprint density at radius 1 is 0.963 bits per heavy atom. The van der Waals surface area contributed by atoms with E-state index in [4.69, 9.17) is 4.42 Å². The van der Waals surface area contributed by atoms with Crippen molar-refractivity contribution in [1.82, 2.24) is 10.3 Å². The van der Waals surface area contributed by atoms with Gasteiger partial charge in [0.25, 0.3) is 0 Å². The van der Waals surface area contributed by atoms with Crippen molar-refractivity contribution in [3.63, 3.8) is 0 Å². The second-order valence-electron chi connectivity index (χ2n) is 5.87. The quantitative estimate of drug-likeness (QED) is 0.597. The number of anilines is 2. The van der Waals surface area contributed by atoms with Crippen LogP contribution in [0, 0.1) is 0 Å². The molecule has 0 bridgehead atoms. The number of aryl methyl sites for hydroxylation is 1. The number of nitrogens with zero attached hydrogens (tertiary/aromatic N) is 1. The molecule has 0 aliphatic carbocycles. The van der Waals surface area contributed by atoms with E-state index in [9.17, 15) is 9.59 Å². The highest BCUT2D eigenvalue weighted by molar-refractivity contribution is 5.92. The molecule has 0 spiro atoms. The number of rotatable bonds is 7. The van der Waals surface area contributed by atoms with Gasteiger partial charge < -0.3 is 20.4 Å². The monoisotopic (exact) mass is 364 g/mol. The van der Waals surface area contributed by atoms with Crippen LogP contribution in [0.15, 0.2) is 71.6 Å². The van der Waals surface area contributed by atoms with Gasteiger partial charge in [-0.15, -0.1) is 0 Å². The van der Waals surface area contributed by atoms with E-state index < -0.39 is 0 Å². The molecule has 0 saturated heterocycles. The first-order valence-corrected chi connectivity index (χ1v) is 8.55. The number of furan rings is 1. The molecule has 7 heteroatoms. The van der Waals surface area contributed by atoms with Gasteiger partial charge in [-0.2, -0.15) is 0 Å².